The van der Waals surface area contributed by atoms with Gasteiger partial charge in [-0.1, -0.05) is 12.1 Å². The average Bonchev–Trinajstić information content (AvgIpc) is 3.45. The SMILES string of the molecule is Cc1nc2c(n1CC1CC1)CN(Cc1ccc(F)cc1)CC21CCN(C)CC1. The van der Waals surface area contributed by atoms with E-state index in [1.807, 2.05) is 12.1 Å². The van der Waals surface area contributed by atoms with Crippen molar-refractivity contribution in [1.82, 2.24) is 19.4 Å². The maximum atomic E-state index is 13.3. The van der Waals surface area contributed by atoms with Crippen molar-refractivity contribution in [3.63, 3.8) is 0 Å². The highest BCUT2D eigenvalue weighted by atomic mass is 19.1. The van der Waals surface area contributed by atoms with Crippen molar-refractivity contribution in [3.8, 4) is 0 Å². The van der Waals surface area contributed by atoms with Crippen LogP contribution in [0.4, 0.5) is 4.39 Å². The topological polar surface area (TPSA) is 24.3 Å². The summed E-state index contributed by atoms with van der Waals surface area (Å²) in [5.41, 5.74) is 4.19. The van der Waals surface area contributed by atoms with Gasteiger partial charge in [0.05, 0.1) is 11.4 Å². The molecule has 4 nitrogen and oxygen atoms in total. The minimum Gasteiger partial charge on any atom is -0.331 e. The predicted octanol–water partition coefficient (Wildman–Crippen LogP) is 3.72. The monoisotopic (exact) mass is 382 g/mol. The average molecular weight is 383 g/mol. The van der Waals surface area contributed by atoms with E-state index in [-0.39, 0.29) is 11.2 Å². The first-order valence-electron chi connectivity index (χ1n) is 10.7. The number of halogens is 1. The van der Waals surface area contributed by atoms with Crippen LogP contribution in [-0.4, -0.2) is 46.0 Å². The van der Waals surface area contributed by atoms with Gasteiger partial charge < -0.3 is 9.47 Å². The number of aromatic nitrogens is 2. The fourth-order valence-corrected chi connectivity index (χ4v) is 5.17. The summed E-state index contributed by atoms with van der Waals surface area (Å²) in [6.45, 7) is 8.49. The van der Waals surface area contributed by atoms with E-state index in [2.05, 4.69) is 28.3 Å². The van der Waals surface area contributed by atoms with Gasteiger partial charge in [0.2, 0.25) is 0 Å². The lowest BCUT2D eigenvalue weighted by Crippen LogP contribution is -2.51. The van der Waals surface area contributed by atoms with Crippen LogP contribution in [0.3, 0.4) is 0 Å². The number of fused-ring (bicyclic) bond motifs is 2. The second-order valence-electron chi connectivity index (χ2n) is 9.36. The highest BCUT2D eigenvalue weighted by molar-refractivity contribution is 5.31. The van der Waals surface area contributed by atoms with Crippen molar-refractivity contribution >= 4 is 0 Å². The van der Waals surface area contributed by atoms with E-state index in [1.165, 1.54) is 48.5 Å². The summed E-state index contributed by atoms with van der Waals surface area (Å²) < 4.78 is 15.9. The van der Waals surface area contributed by atoms with Gasteiger partial charge in [-0.25, -0.2) is 9.37 Å². The summed E-state index contributed by atoms with van der Waals surface area (Å²) >= 11 is 0. The molecule has 3 heterocycles. The lowest BCUT2D eigenvalue weighted by atomic mass is 9.72. The molecule has 2 aliphatic heterocycles. The van der Waals surface area contributed by atoms with Crippen LogP contribution in [0.1, 0.15) is 48.5 Å². The zero-order valence-corrected chi connectivity index (χ0v) is 17.1. The molecule has 5 heteroatoms. The molecule has 1 aromatic heterocycles. The fourth-order valence-electron chi connectivity index (χ4n) is 5.17. The number of likely N-dealkylation sites (tertiary alicyclic amines) is 1. The summed E-state index contributed by atoms with van der Waals surface area (Å²) in [4.78, 5) is 10.2. The maximum absolute atomic E-state index is 13.3. The molecule has 0 amide bonds. The molecule has 2 fully saturated rings. The van der Waals surface area contributed by atoms with Gasteiger partial charge in [-0.15, -0.1) is 0 Å². The van der Waals surface area contributed by atoms with Crippen LogP contribution in [0.25, 0.3) is 0 Å². The molecule has 1 aromatic carbocycles. The third kappa shape index (κ3) is 3.39. The molecule has 0 N–H and O–H groups in total. The van der Waals surface area contributed by atoms with Crippen molar-refractivity contribution in [1.29, 1.82) is 0 Å². The van der Waals surface area contributed by atoms with E-state index in [9.17, 15) is 4.39 Å². The van der Waals surface area contributed by atoms with Crippen LogP contribution >= 0.6 is 0 Å². The normalized spacial score (nSPS) is 22.5. The summed E-state index contributed by atoms with van der Waals surface area (Å²) in [5.74, 6) is 1.88. The third-order valence-electron chi connectivity index (χ3n) is 7.07. The molecule has 1 aliphatic carbocycles. The smallest absolute Gasteiger partial charge is 0.123 e. The van der Waals surface area contributed by atoms with E-state index < -0.39 is 0 Å². The largest absolute Gasteiger partial charge is 0.331 e. The Bertz CT molecular complexity index is 844. The number of hydrogen-bond acceptors (Lipinski definition) is 3. The first kappa shape index (κ1) is 18.3. The second-order valence-corrected chi connectivity index (χ2v) is 9.36. The van der Waals surface area contributed by atoms with Crippen LogP contribution in [0.5, 0.6) is 0 Å². The Morgan fingerprint density at radius 1 is 1.14 bits per heavy atom. The minimum atomic E-state index is -0.158. The summed E-state index contributed by atoms with van der Waals surface area (Å²) in [6.07, 6.45) is 5.08. The molecular formula is C23H31FN4. The van der Waals surface area contributed by atoms with E-state index in [4.69, 9.17) is 4.98 Å². The zero-order valence-electron chi connectivity index (χ0n) is 17.1. The Kier molecular flexibility index (Phi) is 4.55. The molecule has 150 valence electrons. The van der Waals surface area contributed by atoms with Gasteiger partial charge in [0.1, 0.15) is 11.6 Å². The van der Waals surface area contributed by atoms with Gasteiger partial charge >= 0.3 is 0 Å². The Balaban J connectivity index is 1.48. The predicted molar refractivity (Wildman–Crippen MR) is 109 cm³/mol. The van der Waals surface area contributed by atoms with Crippen LogP contribution in [0.2, 0.25) is 0 Å². The van der Waals surface area contributed by atoms with E-state index in [1.54, 1.807) is 12.1 Å². The molecular weight excluding hydrogens is 351 g/mol. The summed E-state index contributed by atoms with van der Waals surface area (Å²) in [6, 6.07) is 7.02. The minimum absolute atomic E-state index is 0.158. The van der Waals surface area contributed by atoms with E-state index >= 15 is 0 Å². The van der Waals surface area contributed by atoms with Gasteiger partial charge in [0.25, 0.3) is 0 Å². The van der Waals surface area contributed by atoms with Crippen molar-refractivity contribution in [2.45, 2.75) is 57.7 Å². The molecule has 3 aliphatic rings. The molecule has 0 radical (unpaired) electrons. The number of hydrogen-bond donors (Lipinski definition) is 0. The molecule has 2 aromatic rings. The first-order valence-corrected chi connectivity index (χ1v) is 10.7. The summed E-state index contributed by atoms with van der Waals surface area (Å²) in [5, 5.41) is 0. The first-order chi connectivity index (χ1) is 13.5. The van der Waals surface area contributed by atoms with Gasteiger partial charge in [0.15, 0.2) is 0 Å². The second kappa shape index (κ2) is 6.96. The van der Waals surface area contributed by atoms with Crippen molar-refractivity contribution in [2.24, 2.45) is 5.92 Å². The van der Waals surface area contributed by atoms with Crippen LogP contribution in [-0.2, 0) is 25.0 Å². The molecule has 0 bridgehead atoms. The Morgan fingerprint density at radius 2 is 1.86 bits per heavy atom. The van der Waals surface area contributed by atoms with Crippen LogP contribution < -0.4 is 0 Å². The zero-order chi connectivity index (χ0) is 19.3. The highest BCUT2D eigenvalue weighted by Gasteiger charge is 2.45. The van der Waals surface area contributed by atoms with Crippen LogP contribution in [0, 0.1) is 18.7 Å². The Hall–Kier alpha value is -1.72. The van der Waals surface area contributed by atoms with Gasteiger partial charge in [0, 0.05) is 31.6 Å². The number of nitrogens with zero attached hydrogens (tertiary/aromatic N) is 4. The van der Waals surface area contributed by atoms with Crippen LogP contribution in [0.15, 0.2) is 24.3 Å². The molecule has 5 rings (SSSR count). The van der Waals surface area contributed by atoms with Gasteiger partial charge in [-0.05, 0) is 76.4 Å². The van der Waals surface area contributed by atoms with Gasteiger partial charge in [-0.2, -0.15) is 0 Å². The van der Waals surface area contributed by atoms with Crippen molar-refractivity contribution in [2.75, 3.05) is 26.7 Å². The number of imidazole rings is 1. The van der Waals surface area contributed by atoms with Crippen molar-refractivity contribution < 1.29 is 4.39 Å². The fraction of sp³-hybridized carbons (Fsp3) is 0.609. The lowest BCUT2D eigenvalue weighted by Gasteiger charge is -2.46. The third-order valence-corrected chi connectivity index (χ3v) is 7.07. The highest BCUT2D eigenvalue weighted by Crippen LogP contribution is 2.43. The molecule has 0 unspecified atom stereocenters. The molecule has 1 saturated heterocycles. The molecule has 0 atom stereocenters. The standard InChI is InChI=1S/C23H31FN4/c1-17-25-22-21(28(17)14-19-3-4-19)15-27(13-18-5-7-20(24)8-6-18)16-23(22)9-11-26(2)12-10-23/h5-8,19H,3-4,9-16H2,1-2H3. The lowest BCUT2D eigenvalue weighted by molar-refractivity contribution is 0.0998. The van der Waals surface area contributed by atoms with Crippen molar-refractivity contribution in [3.05, 3.63) is 52.9 Å². The van der Waals surface area contributed by atoms with E-state index in [0.717, 1.165) is 45.2 Å². The maximum Gasteiger partial charge on any atom is 0.123 e. The number of piperidine rings is 1. The molecule has 1 spiro atoms. The molecule has 1 saturated carbocycles. The van der Waals surface area contributed by atoms with E-state index in [0.29, 0.717) is 0 Å². The Morgan fingerprint density at radius 3 is 2.54 bits per heavy atom. The number of rotatable bonds is 4. The number of aryl methyl sites for hydroxylation is 1. The summed E-state index contributed by atoms with van der Waals surface area (Å²) in [7, 11) is 2.23. The van der Waals surface area contributed by atoms with Gasteiger partial charge in [-0.3, -0.25) is 4.90 Å². The quantitative estimate of drug-likeness (QED) is 0.806. The Labute approximate surface area is 167 Å². The molecule has 28 heavy (non-hydrogen) atoms. The number of benzene rings is 1.